The Labute approximate surface area is 112 Å². The fourth-order valence-electron chi connectivity index (χ4n) is 1.76. The second kappa shape index (κ2) is 5.21. The molecule has 0 aliphatic rings. The number of benzene rings is 1. The predicted octanol–water partition coefficient (Wildman–Crippen LogP) is 3.65. The van der Waals surface area contributed by atoms with Gasteiger partial charge >= 0.3 is 0 Å². The van der Waals surface area contributed by atoms with Crippen molar-refractivity contribution in [2.45, 2.75) is 45.0 Å². The number of aryl methyl sites for hydroxylation is 2. The third kappa shape index (κ3) is 3.84. The van der Waals surface area contributed by atoms with Gasteiger partial charge in [0.15, 0.2) is 0 Å². The van der Waals surface area contributed by atoms with Gasteiger partial charge in [-0.25, -0.2) is 0 Å². The molecule has 0 radical (unpaired) electrons. The average molecular weight is 298 g/mol. The van der Waals surface area contributed by atoms with Crippen molar-refractivity contribution in [3.05, 3.63) is 34.9 Å². The quantitative estimate of drug-likeness (QED) is 0.848. The van der Waals surface area contributed by atoms with E-state index >= 15 is 0 Å². The molecule has 0 bridgehead atoms. The number of amides is 1. The number of hydrogen-bond donors (Lipinski definition) is 1. The monoisotopic (exact) mass is 297 g/mol. The second-order valence-corrected chi connectivity index (χ2v) is 7.01. The smallest absolute Gasteiger partial charge is 0.236 e. The molecule has 0 aromatic heterocycles. The minimum Gasteiger partial charge on any atom is -0.348 e. The lowest BCUT2D eigenvalue weighted by atomic mass is 10.00. The van der Waals surface area contributed by atoms with Crippen LogP contribution in [0, 0.1) is 13.8 Å². The van der Waals surface area contributed by atoms with Gasteiger partial charge in [0.2, 0.25) is 5.91 Å². The summed E-state index contributed by atoms with van der Waals surface area (Å²) < 4.78 is -0.528. The topological polar surface area (TPSA) is 29.1 Å². The van der Waals surface area contributed by atoms with Crippen LogP contribution in [-0.2, 0) is 4.79 Å². The lowest BCUT2D eigenvalue weighted by molar-refractivity contribution is -0.123. The fourth-order valence-corrected chi connectivity index (χ4v) is 1.87. The van der Waals surface area contributed by atoms with Crippen molar-refractivity contribution in [3.63, 3.8) is 0 Å². The molecule has 0 saturated carbocycles. The maximum atomic E-state index is 11.9. The van der Waals surface area contributed by atoms with Crippen LogP contribution in [0.2, 0.25) is 0 Å². The van der Waals surface area contributed by atoms with Gasteiger partial charge in [-0.1, -0.05) is 39.7 Å². The first-order valence-corrected chi connectivity index (χ1v) is 6.58. The van der Waals surface area contributed by atoms with E-state index in [9.17, 15) is 4.79 Å². The van der Waals surface area contributed by atoms with Crippen molar-refractivity contribution in [2.24, 2.45) is 0 Å². The van der Waals surface area contributed by atoms with Crippen molar-refractivity contribution < 1.29 is 4.79 Å². The van der Waals surface area contributed by atoms with Gasteiger partial charge in [0.25, 0.3) is 0 Å². The van der Waals surface area contributed by atoms with E-state index in [1.54, 1.807) is 0 Å². The molecule has 0 fully saturated rings. The van der Waals surface area contributed by atoms with Crippen LogP contribution in [0.15, 0.2) is 18.2 Å². The normalized spacial score (nSPS) is 13.3. The Bertz CT molecular complexity index is 421. The van der Waals surface area contributed by atoms with Crippen molar-refractivity contribution in [1.29, 1.82) is 0 Å². The van der Waals surface area contributed by atoms with Crippen molar-refractivity contribution in [2.75, 3.05) is 0 Å². The van der Waals surface area contributed by atoms with E-state index in [0.29, 0.717) is 0 Å². The third-order valence-electron chi connectivity index (χ3n) is 2.78. The van der Waals surface area contributed by atoms with Crippen LogP contribution in [-0.4, -0.2) is 10.2 Å². The van der Waals surface area contributed by atoms with E-state index in [1.807, 2.05) is 20.8 Å². The summed E-state index contributed by atoms with van der Waals surface area (Å²) in [4.78, 5) is 11.9. The standard InChI is InChI=1S/C14H20BrNO/c1-9-6-7-12(10(2)8-9)11(3)16-13(17)14(4,5)15/h6-8,11H,1-5H3,(H,16,17). The largest absolute Gasteiger partial charge is 0.348 e. The number of halogens is 1. The van der Waals surface area contributed by atoms with Crippen LogP contribution in [0.1, 0.15) is 43.5 Å². The van der Waals surface area contributed by atoms with Gasteiger partial charge in [-0.3, -0.25) is 4.79 Å². The zero-order valence-corrected chi connectivity index (χ0v) is 12.7. The molecule has 0 heterocycles. The number of rotatable bonds is 3. The molecule has 17 heavy (non-hydrogen) atoms. The van der Waals surface area contributed by atoms with Gasteiger partial charge in [0.1, 0.15) is 0 Å². The lowest BCUT2D eigenvalue weighted by Gasteiger charge is -2.22. The molecule has 1 unspecified atom stereocenters. The predicted molar refractivity (Wildman–Crippen MR) is 75.5 cm³/mol. The summed E-state index contributed by atoms with van der Waals surface area (Å²) in [5.41, 5.74) is 3.62. The zero-order chi connectivity index (χ0) is 13.2. The summed E-state index contributed by atoms with van der Waals surface area (Å²) in [5, 5.41) is 3.01. The molecule has 1 aromatic carbocycles. The first-order valence-electron chi connectivity index (χ1n) is 5.79. The summed E-state index contributed by atoms with van der Waals surface area (Å²) >= 11 is 3.36. The minimum absolute atomic E-state index is 0.00461. The molecule has 3 heteroatoms. The van der Waals surface area contributed by atoms with Gasteiger partial charge < -0.3 is 5.32 Å². The first-order chi connectivity index (χ1) is 7.71. The SMILES string of the molecule is Cc1ccc(C(C)NC(=O)C(C)(C)Br)c(C)c1. The fraction of sp³-hybridized carbons (Fsp3) is 0.500. The van der Waals surface area contributed by atoms with Gasteiger partial charge in [-0.15, -0.1) is 0 Å². The number of alkyl halides is 1. The first kappa shape index (κ1) is 14.2. The minimum atomic E-state index is -0.528. The van der Waals surface area contributed by atoms with Crippen molar-refractivity contribution in [1.82, 2.24) is 5.32 Å². The maximum absolute atomic E-state index is 11.9. The maximum Gasteiger partial charge on any atom is 0.236 e. The van der Waals surface area contributed by atoms with Crippen molar-refractivity contribution >= 4 is 21.8 Å². The molecule has 1 atom stereocenters. The molecular formula is C14H20BrNO. The van der Waals surface area contributed by atoms with Gasteiger partial charge in [0.05, 0.1) is 10.4 Å². The Morgan fingerprint density at radius 3 is 2.41 bits per heavy atom. The van der Waals surface area contributed by atoms with Gasteiger partial charge in [0, 0.05) is 0 Å². The molecule has 1 amide bonds. The molecule has 1 rings (SSSR count). The second-order valence-electron chi connectivity index (χ2n) is 5.03. The highest BCUT2D eigenvalue weighted by Crippen LogP contribution is 2.21. The molecule has 1 N–H and O–H groups in total. The summed E-state index contributed by atoms with van der Waals surface area (Å²) in [6.45, 7) is 9.84. The molecular weight excluding hydrogens is 278 g/mol. The van der Waals surface area contributed by atoms with E-state index < -0.39 is 4.32 Å². The highest BCUT2D eigenvalue weighted by atomic mass is 79.9. The Kier molecular flexibility index (Phi) is 4.36. The highest BCUT2D eigenvalue weighted by molar-refractivity contribution is 9.10. The molecule has 94 valence electrons. The summed E-state index contributed by atoms with van der Waals surface area (Å²) in [6, 6.07) is 6.32. The highest BCUT2D eigenvalue weighted by Gasteiger charge is 2.25. The van der Waals surface area contributed by atoms with Gasteiger partial charge in [-0.05, 0) is 45.7 Å². The number of hydrogen-bond acceptors (Lipinski definition) is 1. The van der Waals surface area contributed by atoms with Gasteiger partial charge in [-0.2, -0.15) is 0 Å². The molecule has 0 aliphatic carbocycles. The van der Waals surface area contributed by atoms with E-state index in [2.05, 4.69) is 53.3 Å². The third-order valence-corrected chi connectivity index (χ3v) is 3.14. The van der Waals surface area contributed by atoms with E-state index in [0.717, 1.165) is 0 Å². The number of nitrogens with one attached hydrogen (secondary N) is 1. The number of carbonyl (C=O) groups excluding carboxylic acids is 1. The summed E-state index contributed by atoms with van der Waals surface area (Å²) in [5.74, 6) is 0.00461. The van der Waals surface area contributed by atoms with E-state index in [-0.39, 0.29) is 11.9 Å². The molecule has 0 aliphatic heterocycles. The molecule has 0 saturated heterocycles. The van der Waals surface area contributed by atoms with Crippen LogP contribution in [0.4, 0.5) is 0 Å². The van der Waals surface area contributed by atoms with Crippen LogP contribution >= 0.6 is 15.9 Å². The van der Waals surface area contributed by atoms with Crippen LogP contribution in [0.25, 0.3) is 0 Å². The van der Waals surface area contributed by atoms with Crippen LogP contribution in [0.5, 0.6) is 0 Å². The molecule has 0 spiro atoms. The summed E-state index contributed by atoms with van der Waals surface area (Å²) in [6.07, 6.45) is 0. The molecule has 1 aromatic rings. The molecule has 2 nitrogen and oxygen atoms in total. The number of carbonyl (C=O) groups is 1. The summed E-state index contributed by atoms with van der Waals surface area (Å²) in [7, 11) is 0. The van der Waals surface area contributed by atoms with Crippen molar-refractivity contribution in [3.8, 4) is 0 Å². The Hall–Kier alpha value is -0.830. The van der Waals surface area contributed by atoms with Crippen LogP contribution in [0.3, 0.4) is 0 Å². The Morgan fingerprint density at radius 1 is 1.35 bits per heavy atom. The Balaban J connectivity index is 2.84. The lowest BCUT2D eigenvalue weighted by Crippen LogP contribution is -2.39. The van der Waals surface area contributed by atoms with E-state index in [4.69, 9.17) is 0 Å². The van der Waals surface area contributed by atoms with E-state index in [1.165, 1.54) is 16.7 Å². The zero-order valence-electron chi connectivity index (χ0n) is 11.1. The average Bonchev–Trinajstić information content (AvgIpc) is 2.15. The Morgan fingerprint density at radius 2 is 1.94 bits per heavy atom. The van der Waals surface area contributed by atoms with Crippen LogP contribution < -0.4 is 5.32 Å².